The van der Waals surface area contributed by atoms with Gasteiger partial charge in [-0.3, -0.25) is 0 Å². The zero-order valence-electron chi connectivity index (χ0n) is 21.3. The summed E-state index contributed by atoms with van der Waals surface area (Å²) in [5, 5.41) is 0. The van der Waals surface area contributed by atoms with Crippen LogP contribution in [-0.2, 0) is 30.2 Å². The summed E-state index contributed by atoms with van der Waals surface area (Å²) in [4.78, 5) is 26.1. The van der Waals surface area contributed by atoms with E-state index in [0.29, 0.717) is 18.7 Å². The van der Waals surface area contributed by atoms with Gasteiger partial charge in [0.05, 0.1) is 12.7 Å². The third kappa shape index (κ3) is 11.7. The number of ether oxygens (including phenoxy) is 4. The SMILES string of the molecule is CCC(C)OC(=O)/C=C/C(=O)OC(COc1ccc(CCOCC2CC2)cc1)CN(C)C(C)C. The molecule has 1 aromatic carbocycles. The quantitative estimate of drug-likeness (QED) is 0.202. The average molecular weight is 476 g/mol. The van der Waals surface area contributed by atoms with Crippen LogP contribution in [0.3, 0.4) is 0 Å². The molecule has 1 saturated carbocycles. The predicted octanol–water partition coefficient (Wildman–Crippen LogP) is 4.18. The smallest absolute Gasteiger partial charge is 0.331 e. The van der Waals surface area contributed by atoms with Gasteiger partial charge in [-0.05, 0) is 77.1 Å². The molecule has 190 valence electrons. The minimum Gasteiger partial charge on any atom is -0.490 e. The third-order valence-electron chi connectivity index (χ3n) is 5.85. The molecule has 2 rings (SSSR count). The number of hydrogen-bond acceptors (Lipinski definition) is 7. The van der Waals surface area contributed by atoms with E-state index in [1.54, 1.807) is 6.92 Å². The van der Waals surface area contributed by atoms with Crippen LogP contribution < -0.4 is 4.74 Å². The Morgan fingerprint density at radius 2 is 1.71 bits per heavy atom. The van der Waals surface area contributed by atoms with E-state index >= 15 is 0 Å². The average Bonchev–Trinajstić information content (AvgIpc) is 3.64. The minimum absolute atomic E-state index is 0.198. The van der Waals surface area contributed by atoms with Gasteiger partial charge < -0.3 is 23.8 Å². The van der Waals surface area contributed by atoms with Crippen molar-refractivity contribution in [2.45, 2.75) is 71.6 Å². The molecule has 0 spiro atoms. The number of hydrogen-bond donors (Lipinski definition) is 0. The highest BCUT2D eigenvalue weighted by Gasteiger charge is 2.21. The summed E-state index contributed by atoms with van der Waals surface area (Å²) in [6.45, 7) is 10.2. The van der Waals surface area contributed by atoms with E-state index in [-0.39, 0.29) is 18.8 Å². The van der Waals surface area contributed by atoms with Gasteiger partial charge in [0, 0.05) is 31.3 Å². The van der Waals surface area contributed by atoms with Crippen molar-refractivity contribution in [3.63, 3.8) is 0 Å². The number of esters is 2. The molecule has 0 N–H and O–H groups in total. The molecule has 7 heteroatoms. The summed E-state index contributed by atoms with van der Waals surface area (Å²) < 4.78 is 22.3. The molecule has 34 heavy (non-hydrogen) atoms. The van der Waals surface area contributed by atoms with Gasteiger partial charge in [0.25, 0.3) is 0 Å². The van der Waals surface area contributed by atoms with Crippen molar-refractivity contribution in [2.24, 2.45) is 5.92 Å². The molecule has 0 amide bonds. The molecule has 2 unspecified atom stereocenters. The first-order chi connectivity index (χ1) is 16.3. The second-order valence-electron chi connectivity index (χ2n) is 9.30. The highest BCUT2D eigenvalue weighted by molar-refractivity contribution is 5.91. The first-order valence-electron chi connectivity index (χ1n) is 12.4. The van der Waals surface area contributed by atoms with Crippen LogP contribution in [0.1, 0.15) is 52.5 Å². The van der Waals surface area contributed by atoms with Crippen LogP contribution in [0.25, 0.3) is 0 Å². The number of rotatable bonds is 16. The molecule has 1 aromatic rings. The highest BCUT2D eigenvalue weighted by Crippen LogP contribution is 2.28. The number of carbonyl (C=O) groups is 2. The standard InChI is InChI=1S/C27H41NO6/c1-6-21(4)33-26(29)13-14-27(30)34-25(17-28(5)20(2)3)19-32-24-11-9-22(10-12-24)15-16-31-18-23-7-8-23/h9-14,20-21,23,25H,6-8,15-19H2,1-5H3/b14-13+. The molecule has 0 aromatic heterocycles. The fourth-order valence-corrected chi connectivity index (χ4v) is 2.98. The van der Waals surface area contributed by atoms with E-state index < -0.39 is 18.0 Å². The van der Waals surface area contributed by atoms with Crippen molar-refractivity contribution in [2.75, 3.05) is 33.4 Å². The summed E-state index contributed by atoms with van der Waals surface area (Å²) in [5.41, 5.74) is 1.19. The monoisotopic (exact) mass is 475 g/mol. The maximum Gasteiger partial charge on any atom is 0.331 e. The Kier molecular flexibility index (Phi) is 12.1. The van der Waals surface area contributed by atoms with Gasteiger partial charge in [-0.15, -0.1) is 0 Å². The topological polar surface area (TPSA) is 74.3 Å². The van der Waals surface area contributed by atoms with Gasteiger partial charge in [-0.1, -0.05) is 19.1 Å². The van der Waals surface area contributed by atoms with Crippen molar-refractivity contribution in [1.29, 1.82) is 0 Å². The lowest BCUT2D eigenvalue weighted by Gasteiger charge is -2.26. The Morgan fingerprint density at radius 3 is 2.29 bits per heavy atom. The van der Waals surface area contributed by atoms with Gasteiger partial charge in [-0.25, -0.2) is 9.59 Å². The predicted molar refractivity (Wildman–Crippen MR) is 132 cm³/mol. The van der Waals surface area contributed by atoms with Gasteiger partial charge in [0.2, 0.25) is 0 Å². The molecule has 0 heterocycles. The van der Waals surface area contributed by atoms with Crippen LogP contribution in [0.4, 0.5) is 0 Å². The number of nitrogens with zero attached hydrogens (tertiary/aromatic N) is 1. The van der Waals surface area contributed by atoms with Crippen molar-refractivity contribution in [1.82, 2.24) is 4.90 Å². The maximum atomic E-state index is 12.3. The van der Waals surface area contributed by atoms with E-state index in [0.717, 1.165) is 37.7 Å². The first-order valence-corrected chi connectivity index (χ1v) is 12.4. The van der Waals surface area contributed by atoms with E-state index in [2.05, 4.69) is 18.7 Å². The summed E-state index contributed by atoms with van der Waals surface area (Å²) in [6, 6.07) is 8.19. The van der Waals surface area contributed by atoms with Crippen LogP contribution >= 0.6 is 0 Å². The summed E-state index contributed by atoms with van der Waals surface area (Å²) in [5.74, 6) is 0.329. The second kappa shape index (κ2) is 14.8. The number of carbonyl (C=O) groups excluding carboxylic acids is 2. The Bertz CT molecular complexity index is 772. The lowest BCUT2D eigenvalue weighted by Crippen LogP contribution is -2.39. The zero-order chi connectivity index (χ0) is 24.9. The fraction of sp³-hybridized carbons (Fsp3) is 0.630. The lowest BCUT2D eigenvalue weighted by atomic mass is 10.1. The largest absolute Gasteiger partial charge is 0.490 e. The Hall–Kier alpha value is -2.38. The van der Waals surface area contributed by atoms with Crippen LogP contribution in [-0.4, -0.2) is 68.5 Å². The molecule has 0 radical (unpaired) electrons. The Labute approximate surface area is 204 Å². The molecule has 1 fully saturated rings. The molecular weight excluding hydrogens is 434 g/mol. The molecule has 0 aliphatic heterocycles. The fourth-order valence-electron chi connectivity index (χ4n) is 2.98. The molecule has 1 aliphatic carbocycles. The zero-order valence-corrected chi connectivity index (χ0v) is 21.3. The highest BCUT2D eigenvalue weighted by atomic mass is 16.6. The van der Waals surface area contributed by atoms with Gasteiger partial charge in [0.15, 0.2) is 0 Å². The summed E-state index contributed by atoms with van der Waals surface area (Å²) >= 11 is 0. The molecular formula is C27H41NO6. The van der Waals surface area contributed by atoms with E-state index in [9.17, 15) is 9.59 Å². The Morgan fingerprint density at radius 1 is 1.06 bits per heavy atom. The molecule has 0 saturated heterocycles. The molecule has 1 aliphatic rings. The second-order valence-corrected chi connectivity index (χ2v) is 9.30. The van der Waals surface area contributed by atoms with E-state index in [1.165, 1.54) is 18.4 Å². The molecule has 2 atom stereocenters. The van der Waals surface area contributed by atoms with Gasteiger partial charge >= 0.3 is 11.9 Å². The van der Waals surface area contributed by atoms with E-state index in [4.69, 9.17) is 18.9 Å². The lowest BCUT2D eigenvalue weighted by molar-refractivity contribution is -0.147. The minimum atomic E-state index is -0.603. The van der Waals surface area contributed by atoms with Gasteiger partial charge in [-0.2, -0.15) is 0 Å². The number of likely N-dealkylation sites (N-methyl/N-ethyl adjacent to an activating group) is 1. The molecule has 0 bridgehead atoms. The van der Waals surface area contributed by atoms with Crippen molar-refractivity contribution >= 4 is 11.9 Å². The number of benzene rings is 1. The van der Waals surface area contributed by atoms with Gasteiger partial charge in [0.1, 0.15) is 18.5 Å². The van der Waals surface area contributed by atoms with Crippen molar-refractivity contribution < 1.29 is 28.5 Å². The Balaban J connectivity index is 1.83. The summed E-state index contributed by atoms with van der Waals surface area (Å²) in [6.07, 6.45) is 5.70. The van der Waals surface area contributed by atoms with Crippen molar-refractivity contribution in [3.8, 4) is 5.75 Å². The van der Waals surface area contributed by atoms with Crippen LogP contribution in [0, 0.1) is 5.92 Å². The van der Waals surface area contributed by atoms with Crippen LogP contribution in [0.2, 0.25) is 0 Å². The maximum absolute atomic E-state index is 12.3. The summed E-state index contributed by atoms with van der Waals surface area (Å²) in [7, 11) is 1.96. The van der Waals surface area contributed by atoms with E-state index in [1.807, 2.05) is 38.2 Å². The molecule has 7 nitrogen and oxygen atoms in total. The van der Waals surface area contributed by atoms with Crippen LogP contribution in [0.5, 0.6) is 5.75 Å². The first kappa shape index (κ1) is 27.9. The van der Waals surface area contributed by atoms with Crippen LogP contribution in [0.15, 0.2) is 36.4 Å². The van der Waals surface area contributed by atoms with Crippen molar-refractivity contribution in [3.05, 3.63) is 42.0 Å². The normalized spacial score (nSPS) is 15.5. The third-order valence-corrected chi connectivity index (χ3v) is 5.85.